The van der Waals surface area contributed by atoms with Crippen LogP contribution in [0.15, 0.2) is 54.7 Å². The number of hydrogen-bond donors (Lipinski definition) is 2. The lowest BCUT2D eigenvalue weighted by Crippen LogP contribution is -2.37. The van der Waals surface area contributed by atoms with E-state index in [0.29, 0.717) is 13.2 Å². The highest BCUT2D eigenvalue weighted by atomic mass is 19.1. The van der Waals surface area contributed by atoms with Crippen LogP contribution in [-0.4, -0.2) is 23.2 Å². The second-order valence-electron chi connectivity index (χ2n) is 7.50. The summed E-state index contributed by atoms with van der Waals surface area (Å²) in [6.45, 7) is 6.17. The van der Waals surface area contributed by atoms with Crippen LogP contribution >= 0.6 is 0 Å². The minimum Gasteiger partial charge on any atom is -0.489 e. The highest BCUT2D eigenvalue weighted by molar-refractivity contribution is 5.84. The number of ether oxygens (including phenoxy) is 1. The summed E-state index contributed by atoms with van der Waals surface area (Å²) in [5, 5.41) is 4.42. The molecule has 2 N–H and O–H groups in total. The van der Waals surface area contributed by atoms with Crippen LogP contribution in [-0.2, 0) is 13.0 Å². The minimum absolute atomic E-state index is 0.193. The van der Waals surface area contributed by atoms with Gasteiger partial charge in [-0.3, -0.25) is 0 Å². The monoisotopic (exact) mass is 354 g/mol. The lowest BCUT2D eigenvalue weighted by molar-refractivity contribution is 0.204. The van der Waals surface area contributed by atoms with E-state index in [4.69, 9.17) is 4.74 Å². The normalized spacial score (nSPS) is 13.1. The number of alkyl halides is 1. The molecule has 0 amide bonds. The summed E-state index contributed by atoms with van der Waals surface area (Å²) < 4.78 is 19.6. The number of benzene rings is 2. The van der Waals surface area contributed by atoms with Gasteiger partial charge in [0.2, 0.25) is 0 Å². The molecular weight excluding hydrogens is 327 g/mol. The van der Waals surface area contributed by atoms with Gasteiger partial charge in [-0.1, -0.05) is 30.3 Å². The molecule has 1 atom stereocenters. The highest BCUT2D eigenvalue weighted by Gasteiger charge is 2.17. The number of fused-ring (bicyclic) bond motifs is 1. The van der Waals surface area contributed by atoms with Gasteiger partial charge in [0.1, 0.15) is 18.0 Å². The van der Waals surface area contributed by atoms with Crippen molar-refractivity contribution in [1.82, 2.24) is 10.3 Å². The summed E-state index contributed by atoms with van der Waals surface area (Å²) in [5.74, 6) is 0.854. The first-order chi connectivity index (χ1) is 12.4. The van der Waals surface area contributed by atoms with Gasteiger partial charge in [-0.15, -0.1) is 0 Å². The average molecular weight is 354 g/mol. The number of aromatic amines is 1. The number of rotatable bonds is 8. The number of halogens is 1. The standard InChI is InChI=1S/C22H27FN2O/c1-16(25-15-22(2,3)23)11-18-13-24-21-10-9-19(12-20(18)21)26-14-17-7-5-4-6-8-17/h4-10,12-13,16,24-25H,11,14-15H2,1-3H3. The predicted octanol–water partition coefficient (Wildman–Crippen LogP) is 5.02. The zero-order valence-electron chi connectivity index (χ0n) is 15.7. The lowest BCUT2D eigenvalue weighted by atomic mass is 10.0. The smallest absolute Gasteiger partial charge is 0.120 e. The van der Waals surface area contributed by atoms with Crippen molar-refractivity contribution >= 4 is 10.9 Å². The Morgan fingerprint density at radius 3 is 2.65 bits per heavy atom. The Morgan fingerprint density at radius 2 is 1.92 bits per heavy atom. The first kappa shape index (κ1) is 18.5. The topological polar surface area (TPSA) is 37.0 Å². The van der Waals surface area contributed by atoms with E-state index in [-0.39, 0.29) is 6.04 Å². The molecule has 1 unspecified atom stereocenters. The minimum atomic E-state index is -1.20. The molecule has 0 radical (unpaired) electrons. The Balaban J connectivity index is 1.67. The van der Waals surface area contributed by atoms with E-state index in [0.717, 1.165) is 28.6 Å². The van der Waals surface area contributed by atoms with E-state index in [9.17, 15) is 4.39 Å². The van der Waals surface area contributed by atoms with Crippen molar-refractivity contribution in [2.75, 3.05) is 6.54 Å². The quantitative estimate of drug-likeness (QED) is 0.596. The molecule has 3 aromatic rings. The third-order valence-corrected chi connectivity index (χ3v) is 4.38. The first-order valence-electron chi connectivity index (χ1n) is 9.10. The lowest BCUT2D eigenvalue weighted by Gasteiger charge is -2.19. The van der Waals surface area contributed by atoms with Crippen LogP contribution in [0.5, 0.6) is 5.75 Å². The van der Waals surface area contributed by atoms with Gasteiger partial charge < -0.3 is 15.0 Å². The molecule has 0 saturated heterocycles. The maximum absolute atomic E-state index is 13.7. The summed E-state index contributed by atoms with van der Waals surface area (Å²) in [5.41, 5.74) is 2.24. The highest BCUT2D eigenvalue weighted by Crippen LogP contribution is 2.25. The fraction of sp³-hybridized carbons (Fsp3) is 0.364. The SMILES string of the molecule is CC(Cc1c[nH]c2ccc(OCc3ccccc3)cc12)NCC(C)(C)F. The number of aromatic nitrogens is 1. The number of H-pyrrole nitrogens is 1. The largest absolute Gasteiger partial charge is 0.489 e. The Bertz CT molecular complexity index is 836. The van der Waals surface area contributed by atoms with Crippen molar-refractivity contribution in [2.24, 2.45) is 0 Å². The van der Waals surface area contributed by atoms with Gasteiger partial charge in [0.25, 0.3) is 0 Å². The molecule has 4 heteroatoms. The van der Waals surface area contributed by atoms with E-state index in [1.807, 2.05) is 36.5 Å². The van der Waals surface area contributed by atoms with Gasteiger partial charge in [-0.05, 0) is 56.5 Å². The average Bonchev–Trinajstić information content (AvgIpc) is 3.01. The van der Waals surface area contributed by atoms with Crippen LogP contribution in [0.2, 0.25) is 0 Å². The van der Waals surface area contributed by atoms with Crippen molar-refractivity contribution in [3.8, 4) is 5.75 Å². The first-order valence-corrected chi connectivity index (χ1v) is 9.10. The van der Waals surface area contributed by atoms with E-state index < -0.39 is 5.67 Å². The second kappa shape index (κ2) is 7.92. The molecule has 3 rings (SSSR count). The molecule has 26 heavy (non-hydrogen) atoms. The zero-order valence-corrected chi connectivity index (χ0v) is 15.7. The van der Waals surface area contributed by atoms with Gasteiger partial charge >= 0.3 is 0 Å². The van der Waals surface area contributed by atoms with Crippen LogP contribution in [0.1, 0.15) is 31.9 Å². The Hall–Kier alpha value is -2.33. The second-order valence-corrected chi connectivity index (χ2v) is 7.50. The van der Waals surface area contributed by atoms with Gasteiger partial charge in [0.15, 0.2) is 0 Å². The van der Waals surface area contributed by atoms with Gasteiger partial charge in [-0.2, -0.15) is 0 Å². The summed E-state index contributed by atoms with van der Waals surface area (Å²) in [6.07, 6.45) is 2.86. The predicted molar refractivity (Wildman–Crippen MR) is 105 cm³/mol. The Kier molecular flexibility index (Phi) is 5.62. The van der Waals surface area contributed by atoms with E-state index in [1.165, 1.54) is 5.56 Å². The maximum atomic E-state index is 13.7. The molecular formula is C22H27FN2O. The molecule has 2 aromatic carbocycles. The van der Waals surface area contributed by atoms with Crippen molar-refractivity contribution in [2.45, 2.75) is 45.5 Å². The Labute approximate surface area is 154 Å². The van der Waals surface area contributed by atoms with Gasteiger partial charge in [0, 0.05) is 29.7 Å². The molecule has 0 bridgehead atoms. The number of nitrogens with one attached hydrogen (secondary N) is 2. The molecule has 0 aliphatic heterocycles. The summed E-state index contributed by atoms with van der Waals surface area (Å²) in [6, 6.07) is 16.4. The molecule has 3 nitrogen and oxygen atoms in total. The summed E-state index contributed by atoms with van der Waals surface area (Å²) in [7, 11) is 0. The molecule has 1 aromatic heterocycles. The number of hydrogen-bond acceptors (Lipinski definition) is 2. The van der Waals surface area contributed by atoms with Gasteiger partial charge in [0.05, 0.1) is 0 Å². The molecule has 0 saturated carbocycles. The molecule has 0 aliphatic carbocycles. The zero-order chi connectivity index (χ0) is 18.6. The fourth-order valence-electron chi connectivity index (χ4n) is 2.98. The molecule has 0 fully saturated rings. The van der Waals surface area contributed by atoms with Crippen molar-refractivity contribution < 1.29 is 9.13 Å². The molecule has 1 heterocycles. The van der Waals surface area contributed by atoms with Crippen LogP contribution in [0.4, 0.5) is 4.39 Å². The van der Waals surface area contributed by atoms with E-state index in [2.05, 4.69) is 35.4 Å². The summed E-state index contributed by atoms with van der Waals surface area (Å²) in [4.78, 5) is 3.31. The fourth-order valence-corrected chi connectivity index (χ4v) is 2.98. The maximum Gasteiger partial charge on any atom is 0.120 e. The van der Waals surface area contributed by atoms with Crippen LogP contribution in [0.3, 0.4) is 0 Å². The van der Waals surface area contributed by atoms with E-state index >= 15 is 0 Å². The summed E-state index contributed by atoms with van der Waals surface area (Å²) >= 11 is 0. The van der Waals surface area contributed by atoms with Crippen LogP contribution < -0.4 is 10.1 Å². The van der Waals surface area contributed by atoms with Crippen LogP contribution in [0.25, 0.3) is 10.9 Å². The van der Waals surface area contributed by atoms with Crippen LogP contribution in [0, 0.1) is 0 Å². The van der Waals surface area contributed by atoms with E-state index in [1.54, 1.807) is 13.8 Å². The molecule has 0 spiro atoms. The Morgan fingerprint density at radius 1 is 1.15 bits per heavy atom. The van der Waals surface area contributed by atoms with Crippen molar-refractivity contribution in [1.29, 1.82) is 0 Å². The third kappa shape index (κ3) is 5.09. The molecule has 0 aliphatic rings. The van der Waals surface area contributed by atoms with Crippen molar-refractivity contribution in [3.05, 3.63) is 65.9 Å². The third-order valence-electron chi connectivity index (χ3n) is 4.38. The molecule has 138 valence electrons. The van der Waals surface area contributed by atoms with Crippen molar-refractivity contribution in [3.63, 3.8) is 0 Å². The van der Waals surface area contributed by atoms with Gasteiger partial charge in [-0.25, -0.2) is 4.39 Å².